The van der Waals surface area contributed by atoms with Gasteiger partial charge in [-0.05, 0) is 61.5 Å². The first-order valence-corrected chi connectivity index (χ1v) is 9.70. The van der Waals surface area contributed by atoms with Gasteiger partial charge in [-0.25, -0.2) is 9.50 Å². The number of alkyl halides is 3. The Morgan fingerprint density at radius 3 is 2.24 bits per heavy atom. The van der Waals surface area contributed by atoms with Gasteiger partial charge in [0.1, 0.15) is 5.75 Å². The van der Waals surface area contributed by atoms with Crippen LogP contribution in [0.2, 0.25) is 0 Å². The van der Waals surface area contributed by atoms with Crippen LogP contribution in [0.1, 0.15) is 33.5 Å². The Morgan fingerprint density at radius 2 is 1.67 bits per heavy atom. The number of hydrogen-bond donors (Lipinski definition) is 1. The predicted octanol–water partition coefficient (Wildman–Crippen LogP) is 4.88. The number of ketones is 1. The molecule has 0 radical (unpaired) electrons. The quantitative estimate of drug-likeness (QED) is 0.435. The van der Waals surface area contributed by atoms with Crippen LogP contribution in [0.5, 0.6) is 5.75 Å². The summed E-state index contributed by atoms with van der Waals surface area (Å²) in [5.74, 6) is -0.294. The molecule has 0 bridgehead atoms. The van der Waals surface area contributed by atoms with Crippen molar-refractivity contribution in [3.8, 4) is 17.0 Å². The number of nitrogens with zero attached hydrogens (tertiary/aromatic N) is 3. The summed E-state index contributed by atoms with van der Waals surface area (Å²) in [5.41, 5.74) is -0.0899. The van der Waals surface area contributed by atoms with E-state index < -0.39 is 17.8 Å². The number of fused-ring (bicyclic) bond motifs is 1. The van der Waals surface area contributed by atoms with Crippen LogP contribution >= 0.6 is 0 Å². The van der Waals surface area contributed by atoms with Gasteiger partial charge >= 0.3 is 6.18 Å². The SMILES string of the molecule is COc1ccc(-c2cc(C(F)(F)F)n3nc(C(=O)Nc4ccc(C(C)=O)cc4)cc3n2)cc1. The third kappa shape index (κ3) is 4.54. The number of rotatable bonds is 5. The minimum Gasteiger partial charge on any atom is -0.497 e. The van der Waals surface area contributed by atoms with Crippen LogP contribution in [-0.2, 0) is 6.18 Å². The van der Waals surface area contributed by atoms with Gasteiger partial charge in [-0.2, -0.15) is 18.3 Å². The number of carbonyl (C=O) groups is 2. The predicted molar refractivity (Wildman–Crippen MR) is 114 cm³/mol. The number of aromatic nitrogens is 3. The number of benzene rings is 2. The molecule has 2 aromatic heterocycles. The number of hydrogen-bond acceptors (Lipinski definition) is 5. The van der Waals surface area contributed by atoms with E-state index in [4.69, 9.17) is 4.74 Å². The molecule has 0 atom stereocenters. The van der Waals surface area contributed by atoms with E-state index in [1.54, 1.807) is 24.3 Å². The van der Waals surface area contributed by atoms with Crippen molar-refractivity contribution in [2.75, 3.05) is 12.4 Å². The van der Waals surface area contributed by atoms with Crippen LogP contribution in [0.3, 0.4) is 0 Å². The minimum atomic E-state index is -4.73. The van der Waals surface area contributed by atoms with Gasteiger partial charge in [0.2, 0.25) is 0 Å². The van der Waals surface area contributed by atoms with Crippen molar-refractivity contribution in [3.05, 3.63) is 77.6 Å². The lowest BCUT2D eigenvalue weighted by atomic mass is 10.1. The van der Waals surface area contributed by atoms with Crippen LogP contribution in [0.15, 0.2) is 60.7 Å². The van der Waals surface area contributed by atoms with Gasteiger partial charge in [0.15, 0.2) is 22.8 Å². The number of methoxy groups -OCH3 is 1. The molecule has 0 saturated heterocycles. The van der Waals surface area contributed by atoms with Gasteiger partial charge in [-0.1, -0.05) is 0 Å². The zero-order valence-corrected chi connectivity index (χ0v) is 17.5. The Bertz CT molecular complexity index is 1340. The van der Waals surface area contributed by atoms with E-state index >= 15 is 0 Å². The number of Topliss-reactive ketones (excluding diaryl/α,β-unsaturated/α-hetero) is 1. The van der Waals surface area contributed by atoms with E-state index in [9.17, 15) is 22.8 Å². The normalized spacial score (nSPS) is 11.4. The van der Waals surface area contributed by atoms with E-state index in [0.29, 0.717) is 27.1 Å². The van der Waals surface area contributed by atoms with Crippen molar-refractivity contribution in [1.29, 1.82) is 0 Å². The molecule has 1 N–H and O–H groups in total. The van der Waals surface area contributed by atoms with Crippen molar-refractivity contribution >= 4 is 23.0 Å². The van der Waals surface area contributed by atoms with E-state index in [-0.39, 0.29) is 22.8 Å². The first-order chi connectivity index (χ1) is 15.7. The third-order valence-electron chi connectivity index (χ3n) is 4.89. The summed E-state index contributed by atoms with van der Waals surface area (Å²) in [7, 11) is 1.48. The molecule has 4 aromatic rings. The first kappa shape index (κ1) is 22.0. The summed E-state index contributed by atoms with van der Waals surface area (Å²) in [6.45, 7) is 1.41. The molecule has 2 aromatic carbocycles. The molecule has 0 aliphatic carbocycles. The van der Waals surface area contributed by atoms with Crippen LogP contribution in [0, 0.1) is 0 Å². The lowest BCUT2D eigenvalue weighted by Gasteiger charge is -2.11. The number of anilines is 1. The molecule has 0 unspecified atom stereocenters. The highest BCUT2D eigenvalue weighted by molar-refractivity contribution is 6.04. The maximum atomic E-state index is 13.8. The molecule has 0 fully saturated rings. The smallest absolute Gasteiger partial charge is 0.433 e. The molecule has 7 nitrogen and oxygen atoms in total. The molecule has 10 heteroatoms. The highest BCUT2D eigenvalue weighted by Gasteiger charge is 2.35. The van der Waals surface area contributed by atoms with E-state index in [1.807, 2.05) is 0 Å². The van der Waals surface area contributed by atoms with Crippen molar-refractivity contribution in [1.82, 2.24) is 14.6 Å². The van der Waals surface area contributed by atoms with Gasteiger partial charge in [0.25, 0.3) is 5.91 Å². The fourth-order valence-corrected chi connectivity index (χ4v) is 3.18. The second-order valence-electron chi connectivity index (χ2n) is 7.14. The van der Waals surface area contributed by atoms with Crippen molar-refractivity contribution < 1.29 is 27.5 Å². The fraction of sp³-hybridized carbons (Fsp3) is 0.130. The van der Waals surface area contributed by atoms with Crippen molar-refractivity contribution in [2.45, 2.75) is 13.1 Å². The van der Waals surface area contributed by atoms with Crippen LogP contribution in [0.25, 0.3) is 16.9 Å². The zero-order chi connectivity index (χ0) is 23.8. The highest BCUT2D eigenvalue weighted by Crippen LogP contribution is 2.32. The molecular weight excluding hydrogens is 437 g/mol. The maximum absolute atomic E-state index is 13.8. The van der Waals surface area contributed by atoms with Gasteiger partial charge in [-0.3, -0.25) is 9.59 Å². The molecule has 0 spiro atoms. The van der Waals surface area contributed by atoms with Gasteiger partial charge < -0.3 is 10.1 Å². The number of ether oxygens (including phenoxy) is 1. The lowest BCUT2D eigenvalue weighted by molar-refractivity contribution is -0.142. The van der Waals surface area contributed by atoms with Crippen LogP contribution in [0.4, 0.5) is 18.9 Å². The number of nitrogens with one attached hydrogen (secondary N) is 1. The summed E-state index contributed by atoms with van der Waals surface area (Å²) in [6, 6.07) is 14.6. The summed E-state index contributed by atoms with van der Waals surface area (Å²) >= 11 is 0. The standard InChI is InChI=1S/C23H17F3N4O3/c1-13(31)14-3-7-16(8-4-14)27-22(32)19-12-21-28-18(15-5-9-17(33-2)10-6-15)11-20(23(24,25)26)30(21)29-19/h3-12H,1-2H3,(H,27,32). The fourth-order valence-electron chi connectivity index (χ4n) is 3.18. The Kier molecular flexibility index (Phi) is 5.59. The average molecular weight is 454 g/mol. The molecule has 4 rings (SSSR count). The second kappa shape index (κ2) is 8.38. The van der Waals surface area contributed by atoms with E-state index in [2.05, 4.69) is 15.4 Å². The Hall–Kier alpha value is -4.21. The van der Waals surface area contributed by atoms with Crippen molar-refractivity contribution in [3.63, 3.8) is 0 Å². The van der Waals surface area contributed by atoms with E-state index in [0.717, 1.165) is 6.07 Å². The van der Waals surface area contributed by atoms with Crippen LogP contribution < -0.4 is 10.1 Å². The van der Waals surface area contributed by atoms with E-state index in [1.165, 1.54) is 44.4 Å². The molecular formula is C23H17F3N4O3. The summed E-state index contributed by atoms with van der Waals surface area (Å²) < 4.78 is 46.9. The Balaban J connectivity index is 1.71. The maximum Gasteiger partial charge on any atom is 0.433 e. The summed E-state index contributed by atoms with van der Waals surface area (Å²) in [4.78, 5) is 28.2. The largest absolute Gasteiger partial charge is 0.497 e. The molecule has 1 amide bonds. The average Bonchev–Trinajstić information content (AvgIpc) is 3.22. The molecule has 0 saturated carbocycles. The topological polar surface area (TPSA) is 85.6 Å². The summed E-state index contributed by atoms with van der Waals surface area (Å²) in [5, 5.41) is 6.38. The second-order valence-corrected chi connectivity index (χ2v) is 7.14. The third-order valence-corrected chi connectivity index (χ3v) is 4.89. The summed E-state index contributed by atoms with van der Waals surface area (Å²) in [6.07, 6.45) is -4.73. The Labute approximate surface area is 185 Å². The van der Waals surface area contributed by atoms with Gasteiger partial charge in [0.05, 0.1) is 12.8 Å². The number of halogens is 3. The monoisotopic (exact) mass is 454 g/mol. The first-order valence-electron chi connectivity index (χ1n) is 9.70. The Morgan fingerprint density at radius 1 is 1.00 bits per heavy atom. The molecule has 0 aliphatic rings. The molecule has 2 heterocycles. The number of carbonyl (C=O) groups excluding carboxylic acids is 2. The molecule has 168 valence electrons. The zero-order valence-electron chi connectivity index (χ0n) is 17.5. The highest BCUT2D eigenvalue weighted by atomic mass is 19.4. The van der Waals surface area contributed by atoms with Gasteiger partial charge in [0, 0.05) is 22.9 Å². The minimum absolute atomic E-state index is 0.0733. The van der Waals surface area contributed by atoms with Crippen molar-refractivity contribution in [2.24, 2.45) is 0 Å². The lowest BCUT2D eigenvalue weighted by Crippen LogP contribution is -2.15. The van der Waals surface area contributed by atoms with Gasteiger partial charge in [-0.15, -0.1) is 0 Å². The molecule has 0 aliphatic heterocycles. The number of amides is 1. The van der Waals surface area contributed by atoms with Crippen LogP contribution in [-0.4, -0.2) is 33.4 Å². The molecule has 33 heavy (non-hydrogen) atoms.